The van der Waals surface area contributed by atoms with Crippen LogP contribution in [0.15, 0.2) is 0 Å². The molecule has 1 fully saturated rings. The molecule has 0 bridgehead atoms. The van der Waals surface area contributed by atoms with E-state index in [9.17, 15) is 0 Å². The fourth-order valence-corrected chi connectivity index (χ4v) is 46.5. The maximum Gasteiger partial charge on any atom is 0.277 e. The van der Waals surface area contributed by atoms with Crippen molar-refractivity contribution in [3.05, 3.63) is 0 Å². The largest absolute Gasteiger partial charge is 0.277 e. The fraction of sp³-hybridized carbons (Fsp3) is 1.00. The Hall–Kier alpha value is 3.35. The van der Waals surface area contributed by atoms with Gasteiger partial charge < -0.3 is 0 Å². The van der Waals surface area contributed by atoms with Gasteiger partial charge in [-0.2, -0.15) is 0 Å². The van der Waals surface area contributed by atoms with E-state index in [1.807, 2.05) is 0 Å². The first-order chi connectivity index (χ1) is 5.91. The maximum absolute atomic E-state index is 6.27. The average molecular weight is 497 g/mol. The molecular formula is C3H4Br2Cl6Si3. The average Bonchev–Trinajstić information content (AvgIpc) is 1.77. The van der Waals surface area contributed by atoms with Gasteiger partial charge in [-0.3, -0.25) is 0 Å². The Bertz CT molecular complexity index is 233. The van der Waals surface area contributed by atoms with Crippen molar-refractivity contribution in [2.75, 3.05) is 0 Å². The van der Waals surface area contributed by atoms with Gasteiger partial charge in [-0.05, 0) is 11.3 Å². The summed E-state index contributed by atoms with van der Waals surface area (Å²) in [6.07, 6.45) is 0. The minimum atomic E-state index is -2.72. The van der Waals surface area contributed by atoms with E-state index in [0.29, 0.717) is 11.3 Å². The van der Waals surface area contributed by atoms with Gasteiger partial charge in [-0.25, -0.2) is 0 Å². The van der Waals surface area contributed by atoms with Gasteiger partial charge >= 0.3 is 0 Å². The van der Waals surface area contributed by atoms with E-state index in [1.54, 1.807) is 0 Å². The lowest BCUT2D eigenvalue weighted by atomic mass is 11.8. The highest BCUT2D eigenvalue weighted by Crippen LogP contribution is 2.61. The van der Waals surface area contributed by atoms with Crippen LogP contribution in [0.3, 0.4) is 0 Å². The van der Waals surface area contributed by atoms with Crippen LogP contribution in [0, 0.1) is 0 Å². The van der Waals surface area contributed by atoms with Crippen molar-refractivity contribution < 1.29 is 0 Å². The molecule has 0 aliphatic carbocycles. The van der Waals surface area contributed by atoms with E-state index in [1.165, 1.54) is 0 Å². The second kappa shape index (κ2) is 4.47. The van der Waals surface area contributed by atoms with E-state index in [2.05, 4.69) is 31.9 Å². The highest BCUT2D eigenvalue weighted by atomic mass is 79.9. The van der Waals surface area contributed by atoms with Gasteiger partial charge in [0.1, 0.15) is 2.48 Å². The molecule has 14 heavy (non-hydrogen) atoms. The Morgan fingerprint density at radius 2 is 1.07 bits per heavy atom. The van der Waals surface area contributed by atoms with Crippen molar-refractivity contribution in [1.29, 1.82) is 0 Å². The predicted octanol–water partition coefficient (Wildman–Crippen LogP) is 5.40. The monoisotopic (exact) mass is 492 g/mol. The summed E-state index contributed by atoms with van der Waals surface area (Å²) < 4.78 is -0.744. The Labute approximate surface area is 130 Å². The van der Waals surface area contributed by atoms with E-state index < -0.39 is 22.6 Å². The van der Waals surface area contributed by atoms with Crippen molar-refractivity contribution >= 4 is 118 Å². The molecule has 1 aliphatic rings. The molecule has 0 aromatic carbocycles. The van der Waals surface area contributed by atoms with Crippen LogP contribution in [0.4, 0.5) is 0 Å². The zero-order valence-electron chi connectivity index (χ0n) is 6.44. The highest BCUT2D eigenvalue weighted by molar-refractivity contribution is 9.27. The van der Waals surface area contributed by atoms with Gasteiger partial charge in [-0.1, -0.05) is 31.9 Å². The zero-order valence-corrected chi connectivity index (χ0v) is 17.1. The summed E-state index contributed by atoms with van der Waals surface area (Å²) >= 11 is 44.2. The number of alkyl halides is 2. The van der Waals surface area contributed by atoms with Gasteiger partial charge in [0.2, 0.25) is 0 Å². The summed E-state index contributed by atoms with van der Waals surface area (Å²) in [5.74, 6) is 0. The molecule has 0 radical (unpaired) electrons. The van der Waals surface area contributed by atoms with Crippen molar-refractivity contribution in [2.24, 2.45) is 0 Å². The minimum absolute atomic E-state index is 0.455. The molecule has 0 spiro atoms. The number of hydrogen-bond donors (Lipinski definition) is 0. The lowest BCUT2D eigenvalue weighted by Gasteiger charge is -2.46. The topological polar surface area (TPSA) is 0 Å². The van der Waals surface area contributed by atoms with Crippen molar-refractivity contribution in [2.45, 2.75) is 13.8 Å². The standard InChI is InChI=1S/C3H4Br2Cl6Si3/c4-3(5)13(8,9)1-12(6,7)2-14(3,10)11/h1-2H2. The molecule has 1 aliphatic heterocycles. The molecule has 1 heterocycles. The third-order valence-electron chi connectivity index (χ3n) is 1.88. The summed E-state index contributed by atoms with van der Waals surface area (Å²) in [5.41, 5.74) is 0.911. The van der Waals surface area contributed by atoms with Gasteiger partial charge in [0.15, 0.2) is 0 Å². The zero-order chi connectivity index (χ0) is 11.4. The number of hydrogen-bond acceptors (Lipinski definition) is 0. The SMILES string of the molecule is Cl[Si]1(Cl)C[Si](Cl)(Cl)C(Br)(Br)[Si](Cl)(Cl)C1. The lowest BCUT2D eigenvalue weighted by Crippen LogP contribution is -2.65. The van der Waals surface area contributed by atoms with E-state index >= 15 is 0 Å². The first kappa shape index (κ1) is 15.4. The van der Waals surface area contributed by atoms with Gasteiger partial charge in [0.25, 0.3) is 20.1 Å². The molecular weight excluding hydrogens is 493 g/mol. The predicted molar refractivity (Wildman–Crippen MR) is 82.6 cm³/mol. The Morgan fingerprint density at radius 3 is 1.36 bits per heavy atom. The first-order valence-corrected chi connectivity index (χ1v) is 17.9. The van der Waals surface area contributed by atoms with Crippen LogP contribution in [0.25, 0.3) is 0 Å². The Balaban J connectivity index is 3.13. The van der Waals surface area contributed by atoms with Crippen LogP contribution in [-0.2, 0) is 0 Å². The fourth-order valence-electron chi connectivity index (χ4n) is 1.20. The smallest absolute Gasteiger partial charge is 0.146 e. The van der Waals surface area contributed by atoms with E-state index in [-0.39, 0.29) is 0 Å². The lowest BCUT2D eigenvalue weighted by molar-refractivity contribution is 1.54. The molecule has 0 nitrogen and oxygen atoms in total. The maximum atomic E-state index is 6.27. The second-order valence-electron chi connectivity index (χ2n) is 3.19. The molecule has 1 rings (SSSR count). The van der Waals surface area contributed by atoms with Crippen LogP contribution in [0.5, 0.6) is 0 Å². The summed E-state index contributed by atoms with van der Waals surface area (Å²) in [5, 5.41) is 0. The summed E-state index contributed by atoms with van der Waals surface area (Å²) in [7, 11) is 0. The molecule has 0 N–H and O–H groups in total. The number of rotatable bonds is 0. The van der Waals surface area contributed by atoms with Gasteiger partial charge in [-0.15, -0.1) is 66.5 Å². The summed E-state index contributed by atoms with van der Waals surface area (Å²) in [6.45, 7) is -7.90. The molecule has 0 aromatic heterocycles. The van der Waals surface area contributed by atoms with Crippen LogP contribution < -0.4 is 0 Å². The van der Waals surface area contributed by atoms with Crippen molar-refractivity contribution in [1.82, 2.24) is 0 Å². The van der Waals surface area contributed by atoms with Gasteiger partial charge in [0, 0.05) is 0 Å². The molecule has 1 saturated heterocycles. The van der Waals surface area contributed by atoms with Gasteiger partial charge in [0.05, 0.1) is 0 Å². The molecule has 11 heteroatoms. The Morgan fingerprint density at radius 1 is 0.786 bits per heavy atom. The summed E-state index contributed by atoms with van der Waals surface area (Å²) in [6, 6.07) is 0. The van der Waals surface area contributed by atoms with Crippen molar-refractivity contribution in [3.63, 3.8) is 0 Å². The Kier molecular flexibility index (Phi) is 4.92. The highest BCUT2D eigenvalue weighted by Gasteiger charge is 2.71. The van der Waals surface area contributed by atoms with Crippen LogP contribution in [0.2, 0.25) is 11.3 Å². The van der Waals surface area contributed by atoms with Crippen LogP contribution in [0.1, 0.15) is 0 Å². The normalized spacial score (nSPS) is 32.6. The summed E-state index contributed by atoms with van der Waals surface area (Å²) in [4.78, 5) is 0. The first-order valence-electron chi connectivity index (χ1n) is 3.43. The second-order valence-corrected chi connectivity index (χ2v) is 32.7. The number of halogens is 8. The van der Waals surface area contributed by atoms with E-state index in [0.717, 1.165) is 0 Å². The molecule has 0 atom stereocenters. The molecule has 0 aromatic rings. The molecule has 0 saturated carbocycles. The molecule has 84 valence electrons. The molecule has 0 amide bonds. The third-order valence-corrected chi connectivity index (χ3v) is 42.5. The quantitative estimate of drug-likeness (QED) is 0.239. The van der Waals surface area contributed by atoms with E-state index in [4.69, 9.17) is 66.5 Å². The van der Waals surface area contributed by atoms with Crippen LogP contribution in [-0.4, -0.2) is 22.6 Å². The van der Waals surface area contributed by atoms with Crippen molar-refractivity contribution in [3.8, 4) is 0 Å². The minimum Gasteiger partial charge on any atom is -0.146 e. The molecule has 0 unspecified atom stereocenters. The van der Waals surface area contributed by atoms with Crippen LogP contribution >= 0.6 is 98.3 Å². The third kappa shape index (κ3) is 2.84.